The predicted octanol–water partition coefficient (Wildman–Crippen LogP) is 3.99. The van der Waals surface area contributed by atoms with Crippen LogP contribution in [-0.2, 0) is 0 Å². The molecule has 0 unspecified atom stereocenters. The molecule has 0 bridgehead atoms. The highest BCUT2D eigenvalue weighted by Crippen LogP contribution is 2.30. The highest BCUT2D eigenvalue weighted by molar-refractivity contribution is 5.99. The SMILES string of the molecule is CCOc1cc(-c2ccc(C)nc2)nc2cc(C(=O)NCC/C=C(\C)N)ccc12. The average Bonchev–Trinajstić information content (AvgIpc) is 2.71. The highest BCUT2D eigenvalue weighted by Gasteiger charge is 2.12. The number of hydrogen-bond donors (Lipinski definition) is 2. The van der Waals surface area contributed by atoms with E-state index in [1.54, 1.807) is 18.3 Å². The number of rotatable bonds is 7. The van der Waals surface area contributed by atoms with E-state index in [-0.39, 0.29) is 5.91 Å². The fourth-order valence-electron chi connectivity index (χ4n) is 2.97. The second-order valence-corrected chi connectivity index (χ2v) is 6.85. The van der Waals surface area contributed by atoms with Crippen LogP contribution in [0.15, 0.2) is 54.4 Å². The maximum Gasteiger partial charge on any atom is 0.251 e. The van der Waals surface area contributed by atoms with Crippen molar-refractivity contribution in [2.24, 2.45) is 5.73 Å². The Kier molecular flexibility index (Phi) is 6.44. The lowest BCUT2D eigenvalue weighted by Gasteiger charge is -2.12. The Hall–Kier alpha value is -3.41. The number of nitrogens with one attached hydrogen (secondary N) is 1. The molecule has 0 aliphatic carbocycles. The van der Waals surface area contributed by atoms with Gasteiger partial charge in [0.25, 0.3) is 5.91 Å². The number of aromatic nitrogens is 2. The fraction of sp³-hybridized carbons (Fsp3) is 0.261. The van der Waals surface area contributed by atoms with Crippen molar-refractivity contribution in [3.05, 3.63) is 65.6 Å². The van der Waals surface area contributed by atoms with Gasteiger partial charge in [-0.3, -0.25) is 9.78 Å². The third-order valence-electron chi connectivity index (χ3n) is 4.44. The van der Waals surface area contributed by atoms with Gasteiger partial charge in [-0.2, -0.15) is 0 Å². The van der Waals surface area contributed by atoms with Gasteiger partial charge < -0.3 is 15.8 Å². The molecule has 3 aromatic rings. The highest BCUT2D eigenvalue weighted by atomic mass is 16.5. The number of hydrogen-bond acceptors (Lipinski definition) is 5. The van der Waals surface area contributed by atoms with Crippen molar-refractivity contribution in [1.82, 2.24) is 15.3 Å². The van der Waals surface area contributed by atoms with E-state index in [1.807, 2.05) is 51.1 Å². The molecule has 0 atom stereocenters. The number of carbonyl (C=O) groups is 1. The third-order valence-corrected chi connectivity index (χ3v) is 4.44. The number of carbonyl (C=O) groups excluding carboxylic acids is 1. The van der Waals surface area contributed by atoms with Crippen molar-refractivity contribution < 1.29 is 9.53 Å². The number of nitrogens with zero attached hydrogens (tertiary/aromatic N) is 2. The first-order valence-corrected chi connectivity index (χ1v) is 9.69. The van der Waals surface area contributed by atoms with Gasteiger partial charge in [0.2, 0.25) is 0 Å². The van der Waals surface area contributed by atoms with E-state index in [1.165, 1.54) is 0 Å². The second kappa shape index (κ2) is 9.19. The van der Waals surface area contributed by atoms with Crippen LogP contribution in [0.25, 0.3) is 22.2 Å². The Morgan fingerprint density at radius 2 is 2.07 bits per heavy atom. The molecular formula is C23H26N4O2. The van der Waals surface area contributed by atoms with E-state index in [2.05, 4.69) is 10.3 Å². The molecule has 0 aliphatic heterocycles. The third kappa shape index (κ3) is 5.10. The fourth-order valence-corrected chi connectivity index (χ4v) is 2.97. The molecule has 0 radical (unpaired) electrons. The summed E-state index contributed by atoms with van der Waals surface area (Å²) in [6.07, 6.45) is 4.38. The summed E-state index contributed by atoms with van der Waals surface area (Å²) in [5.74, 6) is 0.598. The van der Waals surface area contributed by atoms with Crippen LogP contribution in [-0.4, -0.2) is 29.0 Å². The van der Waals surface area contributed by atoms with Gasteiger partial charge in [0.05, 0.1) is 17.8 Å². The summed E-state index contributed by atoms with van der Waals surface area (Å²) in [4.78, 5) is 21.6. The largest absolute Gasteiger partial charge is 0.493 e. The van der Waals surface area contributed by atoms with Crippen LogP contribution in [0.1, 0.15) is 36.3 Å². The topological polar surface area (TPSA) is 90.1 Å². The number of pyridine rings is 2. The molecule has 1 aromatic carbocycles. The second-order valence-electron chi connectivity index (χ2n) is 6.85. The standard InChI is InChI=1S/C23H26N4O2/c1-4-29-22-13-20(18-8-7-16(3)26-14-18)27-21-12-17(9-10-19(21)22)23(28)25-11-5-6-15(2)24/h6-10,12-14H,4-5,11,24H2,1-3H3,(H,25,28)/b15-6+. The molecule has 3 N–H and O–H groups in total. The lowest BCUT2D eigenvalue weighted by atomic mass is 10.1. The molecule has 2 heterocycles. The summed E-state index contributed by atoms with van der Waals surface area (Å²) in [7, 11) is 0. The normalized spacial score (nSPS) is 11.5. The maximum atomic E-state index is 12.5. The molecule has 0 aliphatic rings. The van der Waals surface area contributed by atoms with Gasteiger partial charge in [-0.25, -0.2) is 4.98 Å². The summed E-state index contributed by atoms with van der Waals surface area (Å²) < 4.78 is 5.83. The molecule has 6 nitrogen and oxygen atoms in total. The lowest BCUT2D eigenvalue weighted by molar-refractivity contribution is 0.0954. The van der Waals surface area contributed by atoms with Gasteiger partial charge in [0, 0.05) is 46.7 Å². The average molecular weight is 390 g/mol. The molecule has 29 heavy (non-hydrogen) atoms. The quantitative estimate of drug-likeness (QED) is 0.596. The van der Waals surface area contributed by atoms with Crippen LogP contribution in [0.3, 0.4) is 0 Å². The predicted molar refractivity (Wildman–Crippen MR) is 116 cm³/mol. The molecule has 150 valence electrons. The van der Waals surface area contributed by atoms with Crippen molar-refractivity contribution in [2.75, 3.05) is 13.2 Å². The maximum absolute atomic E-state index is 12.5. The molecule has 2 aromatic heterocycles. The van der Waals surface area contributed by atoms with Crippen LogP contribution in [0, 0.1) is 6.92 Å². The molecule has 1 amide bonds. The molecular weight excluding hydrogens is 364 g/mol. The van der Waals surface area contributed by atoms with E-state index in [4.69, 9.17) is 15.5 Å². The summed E-state index contributed by atoms with van der Waals surface area (Å²) >= 11 is 0. The monoisotopic (exact) mass is 390 g/mol. The number of ether oxygens (including phenoxy) is 1. The molecule has 0 spiro atoms. The van der Waals surface area contributed by atoms with Crippen molar-refractivity contribution in [3.8, 4) is 17.0 Å². The van der Waals surface area contributed by atoms with Gasteiger partial charge in [0.15, 0.2) is 0 Å². The Morgan fingerprint density at radius 1 is 1.24 bits per heavy atom. The van der Waals surface area contributed by atoms with Crippen molar-refractivity contribution in [1.29, 1.82) is 0 Å². The number of aryl methyl sites for hydroxylation is 1. The molecule has 6 heteroatoms. The first-order valence-electron chi connectivity index (χ1n) is 9.69. The number of nitrogens with two attached hydrogens (primary N) is 1. The molecule has 0 saturated heterocycles. The van der Waals surface area contributed by atoms with Crippen molar-refractivity contribution >= 4 is 16.8 Å². The van der Waals surface area contributed by atoms with Gasteiger partial charge >= 0.3 is 0 Å². The van der Waals surface area contributed by atoms with E-state index < -0.39 is 0 Å². The first kappa shape index (κ1) is 20.3. The molecule has 0 saturated carbocycles. The zero-order valence-corrected chi connectivity index (χ0v) is 17.0. The number of benzene rings is 1. The van der Waals surface area contributed by atoms with Gasteiger partial charge in [0.1, 0.15) is 5.75 Å². The lowest BCUT2D eigenvalue weighted by Crippen LogP contribution is -2.24. The van der Waals surface area contributed by atoms with Crippen LogP contribution in [0.5, 0.6) is 5.75 Å². The Balaban J connectivity index is 1.94. The minimum Gasteiger partial charge on any atom is -0.493 e. The Morgan fingerprint density at radius 3 is 2.76 bits per heavy atom. The van der Waals surface area contributed by atoms with Crippen LogP contribution >= 0.6 is 0 Å². The summed E-state index contributed by atoms with van der Waals surface area (Å²) in [6, 6.07) is 11.3. The van der Waals surface area contributed by atoms with Gasteiger partial charge in [-0.05, 0) is 57.5 Å². The Bertz CT molecular complexity index is 1040. The van der Waals surface area contributed by atoms with E-state index >= 15 is 0 Å². The summed E-state index contributed by atoms with van der Waals surface area (Å²) in [5, 5.41) is 3.77. The minimum absolute atomic E-state index is 0.142. The first-order chi connectivity index (χ1) is 14.0. The zero-order valence-electron chi connectivity index (χ0n) is 17.0. The smallest absolute Gasteiger partial charge is 0.251 e. The summed E-state index contributed by atoms with van der Waals surface area (Å²) in [5.41, 5.74) is 10.2. The van der Waals surface area contributed by atoms with Crippen LogP contribution < -0.4 is 15.8 Å². The van der Waals surface area contributed by atoms with E-state index in [0.717, 1.165) is 33.8 Å². The van der Waals surface area contributed by atoms with Gasteiger partial charge in [-0.1, -0.05) is 6.08 Å². The number of fused-ring (bicyclic) bond motifs is 1. The minimum atomic E-state index is -0.142. The van der Waals surface area contributed by atoms with Crippen LogP contribution in [0.4, 0.5) is 0 Å². The summed E-state index contributed by atoms with van der Waals surface area (Å²) in [6.45, 7) is 6.78. The van der Waals surface area contributed by atoms with E-state index in [9.17, 15) is 4.79 Å². The number of amides is 1. The van der Waals surface area contributed by atoms with Gasteiger partial charge in [-0.15, -0.1) is 0 Å². The zero-order chi connectivity index (χ0) is 20.8. The number of allylic oxidation sites excluding steroid dienone is 1. The Labute approximate surface area is 170 Å². The van der Waals surface area contributed by atoms with E-state index in [0.29, 0.717) is 30.7 Å². The van der Waals surface area contributed by atoms with Crippen LogP contribution in [0.2, 0.25) is 0 Å². The van der Waals surface area contributed by atoms with Crippen molar-refractivity contribution in [3.63, 3.8) is 0 Å². The molecule has 3 rings (SSSR count). The van der Waals surface area contributed by atoms with Crippen molar-refractivity contribution in [2.45, 2.75) is 27.2 Å². The molecule has 0 fully saturated rings.